The summed E-state index contributed by atoms with van der Waals surface area (Å²) in [6.45, 7) is 0.967. The van der Waals surface area contributed by atoms with Crippen LogP contribution in [0.2, 0.25) is 0 Å². The van der Waals surface area contributed by atoms with Gasteiger partial charge in [-0.3, -0.25) is 4.79 Å². The van der Waals surface area contributed by atoms with E-state index in [1.54, 1.807) is 12.1 Å². The van der Waals surface area contributed by atoms with E-state index >= 15 is 0 Å². The summed E-state index contributed by atoms with van der Waals surface area (Å²) < 4.78 is 16.0. The van der Waals surface area contributed by atoms with Crippen molar-refractivity contribution in [1.29, 1.82) is 0 Å². The number of carbonyl (C=O) groups is 1. The first-order valence-electron chi connectivity index (χ1n) is 8.20. The lowest BCUT2D eigenvalue weighted by Crippen LogP contribution is -2.03. The Hall–Kier alpha value is -2.46. The number of benzene rings is 2. The fraction of sp³-hybridized carbons (Fsp3) is 0.250. The van der Waals surface area contributed by atoms with Crippen LogP contribution in [0.3, 0.4) is 0 Å². The third-order valence-electron chi connectivity index (χ3n) is 4.21. The highest BCUT2D eigenvalue weighted by atomic mass is 18.2. The lowest BCUT2D eigenvalue weighted by molar-refractivity contribution is 0.103. The van der Waals surface area contributed by atoms with Gasteiger partial charge in [0.25, 0.3) is 0 Å². The SMILES string of the molecule is O=C(c1ccccc1[18F])c1cn(CCCCCO)c2ccccc12. The predicted molar refractivity (Wildman–Crippen MR) is 92.7 cm³/mol. The minimum Gasteiger partial charge on any atom is -0.396 e. The second-order valence-electron chi connectivity index (χ2n) is 5.85. The van der Waals surface area contributed by atoms with Crippen molar-refractivity contribution < 1.29 is 14.3 Å². The van der Waals surface area contributed by atoms with E-state index in [4.69, 9.17) is 5.11 Å². The third kappa shape index (κ3) is 3.24. The Morgan fingerprint density at radius 3 is 2.50 bits per heavy atom. The molecule has 0 fully saturated rings. The fourth-order valence-corrected chi connectivity index (χ4v) is 2.97. The number of halogens is 1. The molecule has 0 spiro atoms. The van der Waals surface area contributed by atoms with Crippen molar-refractivity contribution in [3.63, 3.8) is 0 Å². The van der Waals surface area contributed by atoms with Crippen LogP contribution in [0.4, 0.5) is 4.39 Å². The maximum atomic E-state index is 14.0. The molecule has 124 valence electrons. The van der Waals surface area contributed by atoms with Gasteiger partial charge >= 0.3 is 0 Å². The molecular formula is C20H20FNO2. The van der Waals surface area contributed by atoms with E-state index in [0.717, 1.165) is 36.7 Å². The first-order valence-corrected chi connectivity index (χ1v) is 8.20. The quantitative estimate of drug-likeness (QED) is 0.523. The van der Waals surface area contributed by atoms with Gasteiger partial charge < -0.3 is 9.67 Å². The Labute approximate surface area is 140 Å². The first kappa shape index (κ1) is 16.4. The number of aryl methyl sites for hydroxylation is 1. The van der Waals surface area contributed by atoms with Crippen molar-refractivity contribution in [1.82, 2.24) is 4.57 Å². The van der Waals surface area contributed by atoms with Gasteiger partial charge in [0.1, 0.15) is 5.82 Å². The average Bonchev–Trinajstić information content (AvgIpc) is 2.98. The largest absolute Gasteiger partial charge is 0.396 e. The Balaban J connectivity index is 1.96. The number of aliphatic hydroxyl groups is 1. The summed E-state index contributed by atoms with van der Waals surface area (Å²) in [4.78, 5) is 12.8. The Morgan fingerprint density at radius 2 is 1.71 bits per heavy atom. The van der Waals surface area contributed by atoms with Crippen molar-refractivity contribution in [2.24, 2.45) is 0 Å². The highest BCUT2D eigenvalue weighted by Gasteiger charge is 2.18. The van der Waals surface area contributed by atoms with Crippen molar-refractivity contribution in [2.45, 2.75) is 25.8 Å². The van der Waals surface area contributed by atoms with Crippen molar-refractivity contribution >= 4 is 16.7 Å². The molecule has 1 aromatic heterocycles. The molecule has 3 aromatic rings. The molecule has 0 aliphatic carbocycles. The number of nitrogens with zero attached hydrogens (tertiary/aromatic N) is 1. The van der Waals surface area contributed by atoms with Crippen LogP contribution in [0.5, 0.6) is 0 Å². The molecule has 0 aliphatic heterocycles. The number of ketones is 1. The van der Waals surface area contributed by atoms with Gasteiger partial charge in [-0.2, -0.15) is 0 Å². The van der Waals surface area contributed by atoms with Crippen LogP contribution >= 0.6 is 0 Å². The lowest BCUT2D eigenvalue weighted by atomic mass is 10.0. The highest BCUT2D eigenvalue weighted by Crippen LogP contribution is 2.25. The van der Waals surface area contributed by atoms with Gasteiger partial charge in [0.2, 0.25) is 0 Å². The molecule has 0 unspecified atom stereocenters. The zero-order valence-electron chi connectivity index (χ0n) is 13.4. The van der Waals surface area contributed by atoms with Crippen molar-refractivity contribution in [3.05, 3.63) is 71.7 Å². The van der Waals surface area contributed by atoms with Gasteiger partial charge in [0.05, 0.1) is 5.56 Å². The summed E-state index contributed by atoms with van der Waals surface area (Å²) in [6, 6.07) is 13.8. The second-order valence-corrected chi connectivity index (χ2v) is 5.85. The topological polar surface area (TPSA) is 42.2 Å². The smallest absolute Gasteiger partial charge is 0.198 e. The van der Waals surface area contributed by atoms with Crippen LogP contribution in [-0.4, -0.2) is 22.1 Å². The average molecular weight is 324 g/mol. The van der Waals surface area contributed by atoms with E-state index in [1.165, 1.54) is 12.1 Å². The molecule has 0 bridgehead atoms. The van der Waals surface area contributed by atoms with Gasteiger partial charge in [-0.1, -0.05) is 30.3 Å². The van der Waals surface area contributed by atoms with Crippen molar-refractivity contribution in [2.75, 3.05) is 6.61 Å². The Kier molecular flexibility index (Phi) is 5.06. The standard InChI is InChI=1S/C20H20FNO2/c21-18-10-4-2-9-16(18)20(24)17-14-22(12-6-1-7-13-23)19-11-5-3-8-15(17)19/h2-5,8-11,14,23H,1,6-7,12-13H2/i21-1. The minimum atomic E-state index is -0.498. The van der Waals surface area contributed by atoms with Gasteiger partial charge in [-0.25, -0.2) is 4.39 Å². The monoisotopic (exact) mass is 324 g/mol. The fourth-order valence-electron chi connectivity index (χ4n) is 2.97. The van der Waals surface area contributed by atoms with Crippen LogP contribution in [-0.2, 0) is 6.54 Å². The summed E-state index contributed by atoms with van der Waals surface area (Å²) in [6.07, 6.45) is 4.45. The van der Waals surface area contributed by atoms with Crippen LogP contribution in [0.15, 0.2) is 54.7 Å². The molecule has 2 aromatic carbocycles. The molecule has 0 amide bonds. The number of rotatable bonds is 7. The minimum absolute atomic E-state index is 0.0979. The van der Waals surface area contributed by atoms with Crippen LogP contribution in [0, 0.1) is 5.82 Å². The van der Waals surface area contributed by atoms with Crippen LogP contribution in [0.25, 0.3) is 10.9 Å². The molecule has 3 nitrogen and oxygen atoms in total. The van der Waals surface area contributed by atoms with E-state index in [1.807, 2.05) is 35.0 Å². The van der Waals surface area contributed by atoms with Crippen LogP contribution in [0.1, 0.15) is 35.2 Å². The Bertz CT molecular complexity index is 854. The van der Waals surface area contributed by atoms with E-state index in [9.17, 15) is 9.18 Å². The predicted octanol–water partition coefficient (Wildman–Crippen LogP) is 4.17. The maximum Gasteiger partial charge on any atom is 0.198 e. The molecule has 0 aliphatic rings. The molecule has 1 heterocycles. The summed E-state index contributed by atoms with van der Waals surface area (Å²) in [7, 11) is 0. The number of aromatic nitrogens is 1. The summed E-state index contributed by atoms with van der Waals surface area (Å²) in [5, 5.41) is 9.72. The third-order valence-corrected chi connectivity index (χ3v) is 4.21. The van der Waals surface area contributed by atoms with Crippen molar-refractivity contribution in [3.8, 4) is 0 Å². The number of unbranched alkanes of at least 4 members (excludes halogenated alkanes) is 2. The van der Waals surface area contributed by atoms with Gasteiger partial charge in [-0.05, 0) is 37.5 Å². The van der Waals surface area contributed by atoms with E-state index in [-0.39, 0.29) is 18.0 Å². The summed E-state index contributed by atoms with van der Waals surface area (Å²) >= 11 is 0. The molecule has 3 rings (SSSR count). The highest BCUT2D eigenvalue weighted by molar-refractivity contribution is 6.16. The maximum absolute atomic E-state index is 14.0. The number of para-hydroxylation sites is 1. The number of aliphatic hydroxyl groups excluding tert-OH is 1. The molecule has 0 saturated heterocycles. The zero-order valence-corrected chi connectivity index (χ0v) is 13.4. The van der Waals surface area contributed by atoms with Crippen LogP contribution < -0.4 is 0 Å². The normalized spacial score (nSPS) is 11.1. The summed E-state index contributed by atoms with van der Waals surface area (Å²) in [5.74, 6) is -0.791. The lowest BCUT2D eigenvalue weighted by Gasteiger charge is -2.04. The molecule has 24 heavy (non-hydrogen) atoms. The number of fused-ring (bicyclic) bond motifs is 1. The second kappa shape index (κ2) is 7.41. The Morgan fingerprint density at radius 1 is 0.958 bits per heavy atom. The molecule has 1 N–H and O–H groups in total. The number of hydrogen-bond acceptors (Lipinski definition) is 2. The molecule has 0 saturated carbocycles. The number of hydrogen-bond donors (Lipinski definition) is 1. The van der Waals surface area contributed by atoms with Gasteiger partial charge in [0, 0.05) is 35.8 Å². The molecule has 0 atom stereocenters. The molecule has 4 heteroatoms. The van der Waals surface area contributed by atoms with E-state index in [0.29, 0.717) is 5.56 Å². The summed E-state index contributed by atoms with van der Waals surface area (Å²) in [5.41, 5.74) is 1.60. The molecule has 0 radical (unpaired) electrons. The number of carbonyl (C=O) groups excluding carboxylic acids is 1. The first-order chi connectivity index (χ1) is 11.7. The van der Waals surface area contributed by atoms with Gasteiger partial charge in [-0.15, -0.1) is 0 Å². The van der Waals surface area contributed by atoms with Gasteiger partial charge in [0.15, 0.2) is 5.78 Å². The van der Waals surface area contributed by atoms with E-state index in [2.05, 4.69) is 0 Å². The molecular weight excluding hydrogens is 304 g/mol. The van der Waals surface area contributed by atoms with E-state index < -0.39 is 5.82 Å². The zero-order chi connectivity index (χ0) is 16.9.